The van der Waals surface area contributed by atoms with Gasteiger partial charge in [-0.3, -0.25) is 5.41 Å². The van der Waals surface area contributed by atoms with Crippen LogP contribution in [0.1, 0.15) is 5.56 Å². The monoisotopic (exact) mass is 151 g/mol. The van der Waals surface area contributed by atoms with Crippen molar-refractivity contribution in [2.24, 2.45) is 5.73 Å². The predicted molar refractivity (Wildman–Crippen MR) is 41.7 cm³/mol. The molecule has 3 heteroatoms. The van der Waals surface area contributed by atoms with Crippen molar-refractivity contribution in [3.63, 3.8) is 0 Å². The molecule has 0 aliphatic heterocycles. The molecule has 0 aliphatic rings. The third-order valence-corrected chi connectivity index (χ3v) is 1.22. The van der Waals surface area contributed by atoms with Crippen LogP contribution in [0.3, 0.4) is 0 Å². The van der Waals surface area contributed by atoms with Gasteiger partial charge in [-0.25, -0.2) is 4.39 Å². The summed E-state index contributed by atoms with van der Waals surface area (Å²) in [5, 5.41) is 6.88. The van der Waals surface area contributed by atoms with Crippen molar-refractivity contribution in [2.75, 3.05) is 0 Å². The van der Waals surface area contributed by atoms with Crippen LogP contribution in [0.5, 0.6) is 0 Å². The Morgan fingerprint density at radius 3 is 2.64 bits per heavy atom. The Morgan fingerprint density at radius 1 is 1.45 bits per heavy atom. The van der Waals surface area contributed by atoms with Crippen LogP contribution in [-0.4, -0.2) is 5.84 Å². The van der Waals surface area contributed by atoms with Crippen molar-refractivity contribution in [1.82, 2.24) is 0 Å². The molecule has 0 unspecified atom stereocenters. The van der Waals surface area contributed by atoms with E-state index in [-0.39, 0.29) is 11.7 Å². The van der Waals surface area contributed by atoms with Gasteiger partial charge >= 0.3 is 0 Å². The van der Waals surface area contributed by atoms with E-state index in [0.717, 1.165) is 0 Å². The van der Waals surface area contributed by atoms with Crippen molar-refractivity contribution >= 4 is 5.84 Å². The Balaban J connectivity index is 2.86. The maximum absolute atomic E-state index is 12.8. The van der Waals surface area contributed by atoms with E-state index in [2.05, 4.69) is 0 Å². The van der Waals surface area contributed by atoms with Gasteiger partial charge in [0.05, 0.1) is 12.3 Å². The Morgan fingerprint density at radius 2 is 2.09 bits per heavy atom. The van der Waals surface area contributed by atoms with Crippen LogP contribution >= 0.6 is 0 Å². The summed E-state index contributed by atoms with van der Waals surface area (Å²) in [6.07, 6.45) is 1.27. The molecule has 57 valence electrons. The normalized spacial score (nSPS) is 9.55. The van der Waals surface area contributed by atoms with E-state index >= 15 is 0 Å². The molecular formula is C8H8FN2. The summed E-state index contributed by atoms with van der Waals surface area (Å²) in [4.78, 5) is 0. The second-order valence-electron chi connectivity index (χ2n) is 2.12. The molecule has 3 N–H and O–H groups in total. The molecular weight excluding hydrogens is 143 g/mol. The fourth-order valence-electron chi connectivity index (χ4n) is 0.760. The smallest absolute Gasteiger partial charge is 0.127 e. The highest BCUT2D eigenvalue weighted by Gasteiger charge is 2.00. The van der Waals surface area contributed by atoms with Crippen molar-refractivity contribution < 1.29 is 4.39 Å². The van der Waals surface area contributed by atoms with Crippen LogP contribution in [0.4, 0.5) is 4.39 Å². The molecule has 1 aromatic rings. The first-order valence-corrected chi connectivity index (χ1v) is 3.13. The second kappa shape index (κ2) is 3.14. The van der Waals surface area contributed by atoms with Gasteiger partial charge in [-0.2, -0.15) is 0 Å². The van der Waals surface area contributed by atoms with Gasteiger partial charge < -0.3 is 5.73 Å². The lowest BCUT2D eigenvalue weighted by atomic mass is 10.1. The Kier molecular flexibility index (Phi) is 2.21. The number of rotatable bonds is 2. The van der Waals surface area contributed by atoms with Crippen LogP contribution in [0.2, 0.25) is 0 Å². The van der Waals surface area contributed by atoms with Crippen LogP contribution in [0, 0.1) is 17.6 Å². The van der Waals surface area contributed by atoms with Crippen molar-refractivity contribution in [3.05, 3.63) is 42.1 Å². The standard InChI is InChI=1S/C8H8FN2/c9-7-4-2-1-3-6(7)5-8(10)11/h1-5H,(H3,10,11). The largest absolute Gasteiger partial charge is 0.387 e. The van der Waals surface area contributed by atoms with E-state index in [4.69, 9.17) is 11.1 Å². The number of hydrogen-bond donors (Lipinski definition) is 2. The SMILES string of the molecule is N=C(N)[CH]c1ccccc1F. The van der Waals surface area contributed by atoms with E-state index in [1.54, 1.807) is 18.2 Å². The number of nitrogens with one attached hydrogen (secondary N) is 1. The third-order valence-electron chi connectivity index (χ3n) is 1.22. The van der Waals surface area contributed by atoms with Crippen molar-refractivity contribution in [2.45, 2.75) is 0 Å². The summed E-state index contributed by atoms with van der Waals surface area (Å²) in [6, 6.07) is 6.18. The van der Waals surface area contributed by atoms with Gasteiger partial charge in [0.25, 0.3) is 0 Å². The fraction of sp³-hybridized carbons (Fsp3) is 0. The quantitative estimate of drug-likeness (QED) is 0.486. The molecule has 0 saturated carbocycles. The molecule has 1 radical (unpaired) electrons. The van der Waals surface area contributed by atoms with E-state index < -0.39 is 0 Å². The first-order valence-electron chi connectivity index (χ1n) is 3.13. The highest BCUT2D eigenvalue weighted by molar-refractivity contribution is 5.89. The number of hydrogen-bond acceptors (Lipinski definition) is 1. The van der Waals surface area contributed by atoms with E-state index in [1.807, 2.05) is 0 Å². The van der Waals surface area contributed by atoms with Gasteiger partial charge in [-0.05, 0) is 11.6 Å². The van der Waals surface area contributed by atoms with Gasteiger partial charge in [-0.1, -0.05) is 18.2 Å². The van der Waals surface area contributed by atoms with Gasteiger partial charge in [0, 0.05) is 0 Å². The molecule has 11 heavy (non-hydrogen) atoms. The minimum absolute atomic E-state index is 0.143. The molecule has 0 fully saturated rings. The second-order valence-corrected chi connectivity index (χ2v) is 2.12. The van der Waals surface area contributed by atoms with Crippen LogP contribution in [0.25, 0.3) is 0 Å². The summed E-state index contributed by atoms with van der Waals surface area (Å²) < 4.78 is 12.8. The fourth-order valence-corrected chi connectivity index (χ4v) is 0.760. The molecule has 0 amide bonds. The van der Waals surface area contributed by atoms with Crippen molar-refractivity contribution in [1.29, 1.82) is 5.41 Å². The predicted octanol–water partition coefficient (Wildman–Crippen LogP) is 1.31. The van der Waals surface area contributed by atoms with Crippen LogP contribution < -0.4 is 5.73 Å². The Bertz CT molecular complexity index is 271. The van der Waals surface area contributed by atoms with Gasteiger partial charge in [-0.15, -0.1) is 0 Å². The summed E-state index contributed by atoms with van der Waals surface area (Å²) in [5.74, 6) is -0.502. The number of halogens is 1. The highest BCUT2D eigenvalue weighted by Crippen LogP contribution is 2.07. The maximum atomic E-state index is 12.8. The summed E-state index contributed by atoms with van der Waals surface area (Å²) in [6.45, 7) is 0. The third kappa shape index (κ3) is 2.04. The Hall–Kier alpha value is -1.38. The Labute approximate surface area is 64.4 Å². The topological polar surface area (TPSA) is 49.9 Å². The molecule has 0 bridgehead atoms. The molecule has 1 rings (SSSR count). The molecule has 0 atom stereocenters. The van der Waals surface area contributed by atoms with E-state index in [0.29, 0.717) is 5.56 Å². The lowest BCUT2D eigenvalue weighted by Crippen LogP contribution is -2.11. The number of amidine groups is 1. The molecule has 0 saturated heterocycles. The van der Waals surface area contributed by atoms with Crippen LogP contribution in [-0.2, 0) is 0 Å². The zero-order valence-corrected chi connectivity index (χ0v) is 5.84. The molecule has 0 spiro atoms. The summed E-state index contributed by atoms with van der Waals surface area (Å²) in [5.41, 5.74) is 5.40. The molecule has 0 aromatic heterocycles. The molecule has 0 heterocycles. The van der Waals surface area contributed by atoms with Crippen LogP contribution in [0.15, 0.2) is 24.3 Å². The molecule has 1 aromatic carbocycles. The van der Waals surface area contributed by atoms with Gasteiger partial charge in [0.15, 0.2) is 0 Å². The zero-order chi connectivity index (χ0) is 8.27. The first-order chi connectivity index (χ1) is 5.20. The zero-order valence-electron chi connectivity index (χ0n) is 5.84. The average Bonchev–Trinajstić information content (AvgIpc) is 1.93. The maximum Gasteiger partial charge on any atom is 0.127 e. The lowest BCUT2D eigenvalue weighted by Gasteiger charge is -1.98. The van der Waals surface area contributed by atoms with Crippen molar-refractivity contribution in [3.8, 4) is 0 Å². The lowest BCUT2D eigenvalue weighted by molar-refractivity contribution is 0.621. The van der Waals surface area contributed by atoms with Gasteiger partial charge in [0.2, 0.25) is 0 Å². The number of benzene rings is 1. The molecule has 0 aliphatic carbocycles. The minimum Gasteiger partial charge on any atom is -0.387 e. The first kappa shape index (κ1) is 7.72. The number of nitrogens with two attached hydrogens (primary N) is 1. The summed E-state index contributed by atoms with van der Waals surface area (Å²) in [7, 11) is 0. The van der Waals surface area contributed by atoms with E-state index in [9.17, 15) is 4.39 Å². The highest BCUT2D eigenvalue weighted by atomic mass is 19.1. The molecule has 2 nitrogen and oxygen atoms in total. The van der Waals surface area contributed by atoms with Gasteiger partial charge in [0.1, 0.15) is 5.82 Å². The average molecular weight is 151 g/mol. The van der Waals surface area contributed by atoms with E-state index in [1.165, 1.54) is 12.5 Å². The minimum atomic E-state index is -0.359. The summed E-state index contributed by atoms with van der Waals surface area (Å²) >= 11 is 0.